The molecule has 1 saturated heterocycles. The second kappa shape index (κ2) is 7.00. The van der Waals surface area contributed by atoms with Gasteiger partial charge in [0.2, 0.25) is 0 Å². The minimum absolute atomic E-state index is 0.618. The number of rotatable bonds is 5. The highest BCUT2D eigenvalue weighted by atomic mass is 35.5. The summed E-state index contributed by atoms with van der Waals surface area (Å²) in [5.74, 6) is 0.741. The van der Waals surface area contributed by atoms with E-state index in [1.165, 1.54) is 24.9 Å². The summed E-state index contributed by atoms with van der Waals surface area (Å²) in [4.78, 5) is 2.46. The molecule has 0 unspecified atom stereocenters. The third-order valence-electron chi connectivity index (χ3n) is 3.34. The molecule has 17 heavy (non-hydrogen) atoms. The molecular formula is C14H21ClN2. The van der Waals surface area contributed by atoms with Gasteiger partial charge in [0.25, 0.3) is 0 Å². The molecule has 0 radical (unpaired) electrons. The van der Waals surface area contributed by atoms with Crippen LogP contribution in [-0.2, 0) is 6.54 Å². The highest BCUT2D eigenvalue weighted by Gasteiger charge is 2.18. The maximum Gasteiger partial charge on any atom is 0.0351 e. The van der Waals surface area contributed by atoms with Gasteiger partial charge in [-0.2, -0.15) is 0 Å². The van der Waals surface area contributed by atoms with E-state index in [1.807, 2.05) is 0 Å². The molecule has 94 valence electrons. The predicted octanol–water partition coefficient (Wildman–Crippen LogP) is 2.48. The molecule has 1 aliphatic heterocycles. The molecule has 3 heteroatoms. The van der Waals surface area contributed by atoms with Gasteiger partial charge in [0.15, 0.2) is 0 Å². The van der Waals surface area contributed by atoms with Gasteiger partial charge in [-0.3, -0.25) is 0 Å². The maximum absolute atomic E-state index is 5.79. The second-order valence-electron chi connectivity index (χ2n) is 4.70. The smallest absolute Gasteiger partial charge is 0.0351 e. The van der Waals surface area contributed by atoms with E-state index >= 15 is 0 Å². The van der Waals surface area contributed by atoms with Gasteiger partial charge in [-0.25, -0.2) is 0 Å². The van der Waals surface area contributed by atoms with Crippen LogP contribution in [0.3, 0.4) is 0 Å². The summed E-state index contributed by atoms with van der Waals surface area (Å²) in [5, 5.41) is 3.64. The fourth-order valence-electron chi connectivity index (χ4n) is 2.40. The number of benzene rings is 1. The Morgan fingerprint density at radius 2 is 2.12 bits per heavy atom. The van der Waals surface area contributed by atoms with E-state index in [0.717, 1.165) is 25.5 Å². The van der Waals surface area contributed by atoms with E-state index in [0.29, 0.717) is 6.04 Å². The molecule has 0 aliphatic carbocycles. The SMILES string of the molecule is ClCCN1CCC[C@@H](NCc2ccccc2)C1. The first-order valence-electron chi connectivity index (χ1n) is 6.44. The van der Waals surface area contributed by atoms with Crippen molar-refractivity contribution in [2.45, 2.75) is 25.4 Å². The lowest BCUT2D eigenvalue weighted by molar-refractivity contribution is 0.199. The largest absolute Gasteiger partial charge is 0.309 e. The van der Waals surface area contributed by atoms with Crippen LogP contribution in [0, 0.1) is 0 Å². The summed E-state index contributed by atoms with van der Waals surface area (Å²) in [6, 6.07) is 11.2. The third-order valence-corrected chi connectivity index (χ3v) is 3.51. The lowest BCUT2D eigenvalue weighted by atomic mass is 10.1. The predicted molar refractivity (Wildman–Crippen MR) is 73.5 cm³/mol. The zero-order valence-corrected chi connectivity index (χ0v) is 11.0. The van der Waals surface area contributed by atoms with Gasteiger partial charge in [0.05, 0.1) is 0 Å². The van der Waals surface area contributed by atoms with Crippen molar-refractivity contribution in [2.75, 3.05) is 25.5 Å². The normalized spacial score (nSPS) is 21.6. The van der Waals surface area contributed by atoms with Gasteiger partial charge in [0, 0.05) is 31.6 Å². The molecule has 1 aliphatic rings. The van der Waals surface area contributed by atoms with Crippen molar-refractivity contribution < 1.29 is 0 Å². The Balaban J connectivity index is 1.75. The first-order chi connectivity index (χ1) is 8.38. The Morgan fingerprint density at radius 1 is 1.29 bits per heavy atom. The van der Waals surface area contributed by atoms with E-state index < -0.39 is 0 Å². The summed E-state index contributed by atoms with van der Waals surface area (Å²) >= 11 is 5.79. The summed E-state index contributed by atoms with van der Waals surface area (Å²) in [7, 11) is 0. The first kappa shape index (κ1) is 12.9. The van der Waals surface area contributed by atoms with E-state index in [1.54, 1.807) is 0 Å². The second-order valence-corrected chi connectivity index (χ2v) is 5.07. The van der Waals surface area contributed by atoms with Crippen LogP contribution in [0.1, 0.15) is 18.4 Å². The minimum atomic E-state index is 0.618. The summed E-state index contributed by atoms with van der Waals surface area (Å²) in [5.41, 5.74) is 1.36. The van der Waals surface area contributed by atoms with Crippen LogP contribution < -0.4 is 5.32 Å². The molecule has 1 aromatic carbocycles. The standard InChI is InChI=1S/C14H21ClN2/c15-8-10-17-9-4-7-14(12-17)16-11-13-5-2-1-3-6-13/h1-3,5-6,14,16H,4,7-12H2/t14-/m1/s1. The van der Waals surface area contributed by atoms with Gasteiger partial charge in [-0.1, -0.05) is 30.3 Å². The molecule has 1 heterocycles. The van der Waals surface area contributed by atoms with E-state index in [4.69, 9.17) is 11.6 Å². The lowest BCUT2D eigenvalue weighted by Crippen LogP contribution is -2.45. The van der Waals surface area contributed by atoms with Gasteiger partial charge >= 0.3 is 0 Å². The Bertz CT molecular complexity index is 313. The van der Waals surface area contributed by atoms with E-state index in [9.17, 15) is 0 Å². The number of piperidine rings is 1. The third kappa shape index (κ3) is 4.30. The number of likely N-dealkylation sites (tertiary alicyclic amines) is 1. The van der Waals surface area contributed by atoms with Crippen LogP contribution in [0.2, 0.25) is 0 Å². The quantitative estimate of drug-likeness (QED) is 0.810. The van der Waals surface area contributed by atoms with Crippen molar-refractivity contribution in [1.82, 2.24) is 10.2 Å². The van der Waals surface area contributed by atoms with E-state index in [2.05, 4.69) is 40.5 Å². The van der Waals surface area contributed by atoms with Gasteiger partial charge in [-0.05, 0) is 24.9 Å². The molecule has 0 aromatic heterocycles. The number of nitrogens with one attached hydrogen (secondary N) is 1. The highest BCUT2D eigenvalue weighted by molar-refractivity contribution is 6.18. The Morgan fingerprint density at radius 3 is 2.88 bits per heavy atom. The van der Waals surface area contributed by atoms with Gasteiger partial charge < -0.3 is 10.2 Å². The van der Waals surface area contributed by atoms with Crippen LogP contribution in [-0.4, -0.2) is 36.5 Å². The number of alkyl halides is 1. The van der Waals surface area contributed by atoms with Crippen molar-refractivity contribution >= 4 is 11.6 Å². The van der Waals surface area contributed by atoms with Crippen molar-refractivity contribution in [2.24, 2.45) is 0 Å². The number of halogens is 1. The average Bonchev–Trinajstić information content (AvgIpc) is 2.39. The van der Waals surface area contributed by atoms with E-state index in [-0.39, 0.29) is 0 Å². The minimum Gasteiger partial charge on any atom is -0.309 e. The van der Waals surface area contributed by atoms with Crippen molar-refractivity contribution in [3.8, 4) is 0 Å². The Hall–Kier alpha value is -0.570. The molecule has 2 nitrogen and oxygen atoms in total. The number of hydrogen-bond acceptors (Lipinski definition) is 2. The molecule has 0 saturated carbocycles. The first-order valence-corrected chi connectivity index (χ1v) is 6.97. The van der Waals surface area contributed by atoms with Crippen molar-refractivity contribution in [3.05, 3.63) is 35.9 Å². The van der Waals surface area contributed by atoms with Crippen LogP contribution in [0.25, 0.3) is 0 Å². The molecule has 1 fully saturated rings. The van der Waals surface area contributed by atoms with Crippen LogP contribution in [0.5, 0.6) is 0 Å². The fraction of sp³-hybridized carbons (Fsp3) is 0.571. The van der Waals surface area contributed by atoms with Crippen LogP contribution in [0.15, 0.2) is 30.3 Å². The molecular weight excluding hydrogens is 232 g/mol. The molecule has 0 bridgehead atoms. The Labute approximate surface area is 109 Å². The van der Waals surface area contributed by atoms with Crippen LogP contribution >= 0.6 is 11.6 Å². The number of nitrogens with zero attached hydrogens (tertiary/aromatic N) is 1. The van der Waals surface area contributed by atoms with Gasteiger partial charge in [0.1, 0.15) is 0 Å². The summed E-state index contributed by atoms with van der Waals surface area (Å²) < 4.78 is 0. The average molecular weight is 253 g/mol. The molecule has 2 rings (SSSR count). The fourth-order valence-corrected chi connectivity index (χ4v) is 2.64. The molecule has 0 spiro atoms. The molecule has 1 aromatic rings. The van der Waals surface area contributed by atoms with Crippen molar-refractivity contribution in [1.29, 1.82) is 0 Å². The summed E-state index contributed by atoms with van der Waals surface area (Å²) in [6.07, 6.45) is 2.56. The topological polar surface area (TPSA) is 15.3 Å². The monoisotopic (exact) mass is 252 g/mol. The highest BCUT2D eigenvalue weighted by Crippen LogP contribution is 2.10. The van der Waals surface area contributed by atoms with Crippen molar-refractivity contribution in [3.63, 3.8) is 0 Å². The zero-order chi connectivity index (χ0) is 11.9. The lowest BCUT2D eigenvalue weighted by Gasteiger charge is -2.32. The van der Waals surface area contributed by atoms with Crippen LogP contribution in [0.4, 0.5) is 0 Å². The Kier molecular flexibility index (Phi) is 5.30. The molecule has 1 atom stereocenters. The number of hydrogen-bond donors (Lipinski definition) is 1. The summed E-state index contributed by atoms with van der Waals surface area (Å²) in [6.45, 7) is 4.33. The van der Waals surface area contributed by atoms with Gasteiger partial charge in [-0.15, -0.1) is 11.6 Å². The molecule has 1 N–H and O–H groups in total. The zero-order valence-electron chi connectivity index (χ0n) is 10.2. The maximum atomic E-state index is 5.79. The molecule has 0 amide bonds.